The number of carbonyl (C=O) groups excluding carboxylic acids is 1. The van der Waals surface area contributed by atoms with Gasteiger partial charge in [0.2, 0.25) is 5.82 Å². The summed E-state index contributed by atoms with van der Waals surface area (Å²) in [5, 5.41) is 0. The fraction of sp³-hybridized carbons (Fsp3) is 0.417. The van der Waals surface area contributed by atoms with Crippen molar-refractivity contribution in [1.82, 2.24) is 0 Å². The second kappa shape index (κ2) is 4.66. The van der Waals surface area contributed by atoms with E-state index in [0.717, 1.165) is 12.8 Å². The topological polar surface area (TPSA) is 17.1 Å². The molecule has 0 atom stereocenters. The molecule has 1 aromatic carbocycles. The van der Waals surface area contributed by atoms with Crippen molar-refractivity contribution in [2.24, 2.45) is 5.92 Å². The van der Waals surface area contributed by atoms with E-state index < -0.39 is 40.4 Å². The molecule has 0 aliphatic heterocycles. The first kappa shape index (κ1) is 13.0. The summed E-state index contributed by atoms with van der Waals surface area (Å²) in [4.78, 5) is 11.5. The lowest BCUT2D eigenvalue weighted by atomic mass is 10.0. The van der Waals surface area contributed by atoms with Crippen LogP contribution in [-0.2, 0) is 0 Å². The average molecular weight is 264 g/mol. The third-order valence-electron chi connectivity index (χ3n) is 2.97. The van der Waals surface area contributed by atoms with E-state index in [1.54, 1.807) is 0 Å². The maximum atomic E-state index is 13.3. The number of halogens is 5. The number of rotatable bonds is 4. The summed E-state index contributed by atoms with van der Waals surface area (Å²) in [6, 6.07) is 0. The summed E-state index contributed by atoms with van der Waals surface area (Å²) in [5.41, 5.74) is -1.33. The summed E-state index contributed by atoms with van der Waals surface area (Å²) in [6.07, 6.45) is 2.08. The molecule has 6 heteroatoms. The molecular weight excluding hydrogens is 255 g/mol. The predicted molar refractivity (Wildman–Crippen MR) is 52.5 cm³/mol. The first-order valence-corrected chi connectivity index (χ1v) is 5.48. The van der Waals surface area contributed by atoms with Crippen LogP contribution in [0.3, 0.4) is 0 Å². The van der Waals surface area contributed by atoms with Crippen molar-refractivity contribution in [1.29, 1.82) is 0 Å². The minimum absolute atomic E-state index is 0.205. The average Bonchev–Trinajstić information content (AvgIpc) is 3.15. The first-order valence-electron chi connectivity index (χ1n) is 5.48. The highest BCUT2D eigenvalue weighted by molar-refractivity contribution is 5.96. The quantitative estimate of drug-likeness (QED) is 0.350. The SMILES string of the molecule is O=C(CCC1CC1)c1c(F)c(F)c(F)c(F)c1F. The summed E-state index contributed by atoms with van der Waals surface area (Å²) in [6.45, 7) is 0. The van der Waals surface area contributed by atoms with Crippen LogP contribution in [0, 0.1) is 35.0 Å². The molecule has 0 spiro atoms. The standard InChI is InChI=1S/C12H9F5O/c13-8-7(6(18)4-3-5-1-2-5)9(14)11(16)12(17)10(8)15/h5H,1-4H2. The van der Waals surface area contributed by atoms with Gasteiger partial charge in [0.15, 0.2) is 29.1 Å². The zero-order valence-corrected chi connectivity index (χ0v) is 9.20. The second-order valence-electron chi connectivity index (χ2n) is 4.35. The number of carbonyl (C=O) groups is 1. The number of benzene rings is 1. The summed E-state index contributed by atoms with van der Waals surface area (Å²) in [7, 11) is 0. The third kappa shape index (κ3) is 2.23. The van der Waals surface area contributed by atoms with E-state index in [4.69, 9.17) is 0 Å². The van der Waals surface area contributed by atoms with E-state index in [1.807, 2.05) is 0 Å². The minimum atomic E-state index is -2.25. The monoisotopic (exact) mass is 264 g/mol. The van der Waals surface area contributed by atoms with Gasteiger partial charge in [-0.1, -0.05) is 12.8 Å². The van der Waals surface area contributed by atoms with Gasteiger partial charge in [-0.05, 0) is 12.3 Å². The second-order valence-corrected chi connectivity index (χ2v) is 4.35. The van der Waals surface area contributed by atoms with Crippen LogP contribution in [0.1, 0.15) is 36.0 Å². The fourth-order valence-electron chi connectivity index (χ4n) is 1.72. The van der Waals surface area contributed by atoms with Gasteiger partial charge >= 0.3 is 0 Å². The highest BCUT2D eigenvalue weighted by atomic mass is 19.2. The number of ketones is 1. The highest BCUT2D eigenvalue weighted by Gasteiger charge is 2.30. The molecule has 0 heterocycles. The Morgan fingerprint density at radius 1 is 0.889 bits per heavy atom. The Hall–Kier alpha value is -1.46. The molecule has 1 aliphatic rings. The van der Waals surface area contributed by atoms with Gasteiger partial charge < -0.3 is 0 Å². The largest absolute Gasteiger partial charge is 0.294 e. The van der Waals surface area contributed by atoms with Crippen molar-refractivity contribution in [2.75, 3.05) is 0 Å². The summed E-state index contributed by atoms with van der Waals surface area (Å²) >= 11 is 0. The molecule has 0 bridgehead atoms. The van der Waals surface area contributed by atoms with Crippen molar-refractivity contribution < 1.29 is 26.7 Å². The van der Waals surface area contributed by atoms with Gasteiger partial charge in [-0.25, -0.2) is 22.0 Å². The molecule has 1 aliphatic carbocycles. The summed E-state index contributed by atoms with van der Waals surface area (Å²) in [5.74, 6) is -11.2. The molecular formula is C12H9F5O. The molecule has 0 unspecified atom stereocenters. The Kier molecular flexibility index (Phi) is 3.36. The molecule has 0 saturated heterocycles. The lowest BCUT2D eigenvalue weighted by molar-refractivity contribution is 0.0966. The first-order chi connectivity index (χ1) is 8.43. The zero-order chi connectivity index (χ0) is 13.4. The Bertz CT molecular complexity index is 479. The minimum Gasteiger partial charge on any atom is -0.294 e. The Balaban J connectivity index is 2.33. The van der Waals surface area contributed by atoms with E-state index in [-0.39, 0.29) is 6.42 Å². The lowest BCUT2D eigenvalue weighted by Crippen LogP contribution is -2.12. The molecule has 0 aromatic heterocycles. The molecule has 1 fully saturated rings. The van der Waals surface area contributed by atoms with E-state index >= 15 is 0 Å². The van der Waals surface area contributed by atoms with Crippen LogP contribution < -0.4 is 0 Å². The van der Waals surface area contributed by atoms with Crippen LogP contribution in [-0.4, -0.2) is 5.78 Å². The zero-order valence-electron chi connectivity index (χ0n) is 9.20. The van der Waals surface area contributed by atoms with Crippen LogP contribution in [0.4, 0.5) is 22.0 Å². The van der Waals surface area contributed by atoms with Gasteiger partial charge in [0.05, 0.1) is 5.56 Å². The molecule has 0 N–H and O–H groups in total. The van der Waals surface area contributed by atoms with E-state index in [1.165, 1.54) is 0 Å². The summed E-state index contributed by atoms with van der Waals surface area (Å²) < 4.78 is 65.0. The molecule has 0 radical (unpaired) electrons. The van der Waals surface area contributed by atoms with Crippen molar-refractivity contribution in [2.45, 2.75) is 25.7 Å². The van der Waals surface area contributed by atoms with E-state index in [0.29, 0.717) is 12.3 Å². The van der Waals surface area contributed by atoms with Crippen molar-refractivity contribution in [3.8, 4) is 0 Å². The predicted octanol–water partition coefficient (Wildman–Crippen LogP) is 3.76. The van der Waals surface area contributed by atoms with E-state index in [2.05, 4.69) is 0 Å². The van der Waals surface area contributed by atoms with Gasteiger partial charge in [-0.15, -0.1) is 0 Å². The molecule has 1 aromatic rings. The van der Waals surface area contributed by atoms with E-state index in [9.17, 15) is 26.7 Å². The van der Waals surface area contributed by atoms with Gasteiger partial charge in [-0.3, -0.25) is 4.79 Å². The van der Waals surface area contributed by atoms with Gasteiger partial charge in [0, 0.05) is 6.42 Å². The lowest BCUT2D eigenvalue weighted by Gasteiger charge is -2.07. The van der Waals surface area contributed by atoms with Crippen molar-refractivity contribution in [3.05, 3.63) is 34.6 Å². The molecule has 2 rings (SSSR count). The third-order valence-corrected chi connectivity index (χ3v) is 2.97. The van der Waals surface area contributed by atoms with Crippen molar-refractivity contribution >= 4 is 5.78 Å². The van der Waals surface area contributed by atoms with Crippen LogP contribution in [0.25, 0.3) is 0 Å². The van der Waals surface area contributed by atoms with Crippen LogP contribution in [0.15, 0.2) is 0 Å². The number of Topliss-reactive ketones (excluding diaryl/α,β-unsaturated/α-hetero) is 1. The van der Waals surface area contributed by atoms with Crippen LogP contribution in [0.5, 0.6) is 0 Å². The van der Waals surface area contributed by atoms with Crippen LogP contribution in [0.2, 0.25) is 0 Å². The van der Waals surface area contributed by atoms with Crippen LogP contribution >= 0.6 is 0 Å². The highest BCUT2D eigenvalue weighted by Crippen LogP contribution is 2.34. The maximum absolute atomic E-state index is 13.3. The number of hydrogen-bond donors (Lipinski definition) is 0. The van der Waals surface area contributed by atoms with Gasteiger partial charge in [0.1, 0.15) is 0 Å². The molecule has 18 heavy (non-hydrogen) atoms. The molecule has 98 valence electrons. The normalized spacial score (nSPS) is 14.9. The smallest absolute Gasteiger partial charge is 0.200 e. The fourth-order valence-corrected chi connectivity index (χ4v) is 1.72. The number of hydrogen-bond acceptors (Lipinski definition) is 1. The van der Waals surface area contributed by atoms with Crippen molar-refractivity contribution in [3.63, 3.8) is 0 Å². The Labute approximate surface area is 99.6 Å². The molecule has 1 saturated carbocycles. The Morgan fingerprint density at radius 3 is 1.78 bits per heavy atom. The molecule has 1 nitrogen and oxygen atoms in total. The maximum Gasteiger partial charge on any atom is 0.200 e. The molecule has 0 amide bonds. The van der Waals surface area contributed by atoms with Gasteiger partial charge in [0.25, 0.3) is 0 Å². The Morgan fingerprint density at radius 2 is 1.33 bits per heavy atom. The van der Waals surface area contributed by atoms with Gasteiger partial charge in [-0.2, -0.15) is 0 Å².